The molecule has 0 bridgehead atoms. The lowest BCUT2D eigenvalue weighted by atomic mass is 10.1. The molecule has 1 aromatic carbocycles. The minimum atomic E-state index is -4.46. The third-order valence-electron chi connectivity index (χ3n) is 2.72. The van der Waals surface area contributed by atoms with Crippen molar-refractivity contribution in [3.05, 3.63) is 28.8 Å². The average molecular weight is 291 g/mol. The van der Waals surface area contributed by atoms with E-state index < -0.39 is 25.2 Å². The van der Waals surface area contributed by atoms with Crippen molar-refractivity contribution >= 4 is 5.97 Å². The van der Waals surface area contributed by atoms with E-state index in [2.05, 4.69) is 0 Å². The molecule has 1 aromatic rings. The summed E-state index contributed by atoms with van der Waals surface area (Å²) in [5, 5.41) is 18.3. The molecule has 7 heteroatoms. The molecule has 0 radical (unpaired) electrons. The largest absolute Gasteiger partial charge is 0.507 e. The molecule has 1 rings (SSSR count). The Morgan fingerprint density at radius 3 is 2.15 bits per heavy atom. The van der Waals surface area contributed by atoms with Crippen LogP contribution in [0.1, 0.15) is 16.7 Å². The zero-order chi connectivity index (χ0) is 15.5. The SMILES string of the molecule is Cc1cc(CN(CC(=O)O)CC(F)(F)F)cc(C)c1O. The van der Waals surface area contributed by atoms with Gasteiger partial charge in [0.05, 0.1) is 13.1 Å². The van der Waals surface area contributed by atoms with Crippen LogP contribution in [0.3, 0.4) is 0 Å². The number of aryl methyl sites for hydroxylation is 2. The number of nitrogens with zero attached hydrogens (tertiary/aromatic N) is 1. The highest BCUT2D eigenvalue weighted by atomic mass is 19.4. The van der Waals surface area contributed by atoms with Crippen molar-refractivity contribution in [2.24, 2.45) is 0 Å². The maximum absolute atomic E-state index is 12.4. The smallest absolute Gasteiger partial charge is 0.401 e. The number of benzene rings is 1. The van der Waals surface area contributed by atoms with Crippen LogP contribution < -0.4 is 0 Å². The topological polar surface area (TPSA) is 60.8 Å². The number of halogens is 3. The first kappa shape index (κ1) is 16.3. The molecule has 0 unspecified atom stereocenters. The number of aliphatic carboxylic acids is 1. The zero-order valence-electron chi connectivity index (χ0n) is 11.2. The first-order valence-corrected chi connectivity index (χ1v) is 5.88. The first-order chi connectivity index (χ1) is 9.08. The molecule has 0 aromatic heterocycles. The van der Waals surface area contributed by atoms with Crippen LogP contribution in [-0.4, -0.2) is 40.3 Å². The molecule has 0 saturated heterocycles. The number of carboxylic acids is 1. The van der Waals surface area contributed by atoms with Crippen molar-refractivity contribution < 1.29 is 28.2 Å². The monoisotopic (exact) mass is 291 g/mol. The number of hydrogen-bond acceptors (Lipinski definition) is 3. The number of alkyl halides is 3. The second-order valence-electron chi connectivity index (χ2n) is 4.73. The van der Waals surface area contributed by atoms with Gasteiger partial charge in [0.25, 0.3) is 0 Å². The molecule has 0 aliphatic carbocycles. The number of phenols is 1. The van der Waals surface area contributed by atoms with E-state index in [-0.39, 0.29) is 12.3 Å². The molecule has 2 N–H and O–H groups in total. The van der Waals surface area contributed by atoms with Gasteiger partial charge in [-0.15, -0.1) is 0 Å². The number of hydrogen-bond donors (Lipinski definition) is 2. The van der Waals surface area contributed by atoms with Crippen molar-refractivity contribution in [1.29, 1.82) is 0 Å². The van der Waals surface area contributed by atoms with Gasteiger partial charge in [-0.05, 0) is 30.5 Å². The molecular formula is C13H16F3NO3. The van der Waals surface area contributed by atoms with E-state index in [0.29, 0.717) is 16.7 Å². The lowest BCUT2D eigenvalue weighted by Gasteiger charge is -2.22. The number of aromatic hydroxyl groups is 1. The number of carbonyl (C=O) groups is 1. The van der Waals surface area contributed by atoms with E-state index in [1.165, 1.54) is 0 Å². The van der Waals surface area contributed by atoms with Gasteiger partial charge in [-0.2, -0.15) is 13.2 Å². The quantitative estimate of drug-likeness (QED) is 0.875. The summed E-state index contributed by atoms with van der Waals surface area (Å²) >= 11 is 0. The fourth-order valence-corrected chi connectivity index (χ4v) is 2.01. The van der Waals surface area contributed by atoms with Gasteiger partial charge < -0.3 is 10.2 Å². The fraction of sp³-hybridized carbons (Fsp3) is 0.462. The fourth-order valence-electron chi connectivity index (χ4n) is 2.01. The van der Waals surface area contributed by atoms with Crippen LogP contribution in [0.2, 0.25) is 0 Å². The Kier molecular flexibility index (Phi) is 4.99. The molecule has 0 saturated carbocycles. The summed E-state index contributed by atoms with van der Waals surface area (Å²) in [6.07, 6.45) is -4.46. The predicted molar refractivity (Wildman–Crippen MR) is 66.5 cm³/mol. The molecule has 20 heavy (non-hydrogen) atoms. The molecule has 0 aliphatic rings. The Morgan fingerprint density at radius 2 is 1.75 bits per heavy atom. The van der Waals surface area contributed by atoms with E-state index >= 15 is 0 Å². The maximum atomic E-state index is 12.4. The van der Waals surface area contributed by atoms with Crippen LogP contribution >= 0.6 is 0 Å². The summed E-state index contributed by atoms with van der Waals surface area (Å²) in [5.41, 5.74) is 1.62. The summed E-state index contributed by atoms with van der Waals surface area (Å²) in [5.74, 6) is -1.23. The van der Waals surface area contributed by atoms with E-state index in [9.17, 15) is 23.1 Å². The second-order valence-corrected chi connectivity index (χ2v) is 4.73. The average Bonchev–Trinajstić information content (AvgIpc) is 2.22. The molecule has 0 heterocycles. The molecule has 0 atom stereocenters. The standard InChI is InChI=1S/C13H16F3NO3/c1-8-3-10(4-9(2)12(8)20)5-17(6-11(18)19)7-13(14,15)16/h3-4,20H,5-7H2,1-2H3,(H,18,19). The normalized spacial score (nSPS) is 11.9. The van der Waals surface area contributed by atoms with Gasteiger partial charge in [0.15, 0.2) is 0 Å². The van der Waals surface area contributed by atoms with Crippen molar-refractivity contribution in [1.82, 2.24) is 4.90 Å². The highest BCUT2D eigenvalue weighted by Gasteiger charge is 2.31. The van der Waals surface area contributed by atoms with E-state index in [4.69, 9.17) is 5.11 Å². The number of phenolic OH excluding ortho intramolecular Hbond substituents is 1. The predicted octanol–water partition coefficient (Wildman–Crippen LogP) is 2.46. The van der Waals surface area contributed by atoms with E-state index in [0.717, 1.165) is 4.90 Å². The third-order valence-corrected chi connectivity index (χ3v) is 2.72. The molecule has 0 aliphatic heterocycles. The summed E-state index contributed by atoms with van der Waals surface area (Å²) in [6.45, 7) is 1.14. The van der Waals surface area contributed by atoms with Crippen LogP contribution in [-0.2, 0) is 11.3 Å². The maximum Gasteiger partial charge on any atom is 0.401 e. The van der Waals surface area contributed by atoms with Crippen molar-refractivity contribution in [3.63, 3.8) is 0 Å². The minimum absolute atomic E-state index is 0.0920. The van der Waals surface area contributed by atoms with Crippen LogP contribution in [0.4, 0.5) is 13.2 Å². The summed E-state index contributed by atoms with van der Waals surface area (Å²) < 4.78 is 37.2. The summed E-state index contributed by atoms with van der Waals surface area (Å²) in [7, 11) is 0. The van der Waals surface area contributed by atoms with Crippen molar-refractivity contribution in [2.75, 3.05) is 13.1 Å². The number of rotatable bonds is 5. The van der Waals surface area contributed by atoms with Crippen molar-refractivity contribution in [2.45, 2.75) is 26.6 Å². The Hall–Kier alpha value is -1.76. The zero-order valence-corrected chi connectivity index (χ0v) is 11.2. The van der Waals surface area contributed by atoms with E-state index in [1.54, 1.807) is 26.0 Å². The molecule has 0 fully saturated rings. The second kappa shape index (κ2) is 6.13. The third kappa shape index (κ3) is 5.08. The highest BCUT2D eigenvalue weighted by molar-refractivity contribution is 5.69. The van der Waals surface area contributed by atoms with E-state index in [1.807, 2.05) is 0 Å². The molecule has 4 nitrogen and oxygen atoms in total. The van der Waals surface area contributed by atoms with Crippen LogP contribution in [0.15, 0.2) is 12.1 Å². The van der Waals surface area contributed by atoms with Gasteiger partial charge >= 0.3 is 12.1 Å². The van der Waals surface area contributed by atoms with Crippen LogP contribution in [0.25, 0.3) is 0 Å². The Bertz CT molecular complexity index is 477. The molecule has 0 spiro atoms. The van der Waals surface area contributed by atoms with Gasteiger partial charge in [-0.3, -0.25) is 9.69 Å². The first-order valence-electron chi connectivity index (χ1n) is 5.88. The van der Waals surface area contributed by atoms with Crippen LogP contribution in [0.5, 0.6) is 5.75 Å². The number of carboxylic acid groups (broad SMARTS) is 1. The lowest BCUT2D eigenvalue weighted by Crippen LogP contribution is -2.37. The van der Waals surface area contributed by atoms with Gasteiger partial charge in [-0.25, -0.2) is 0 Å². The minimum Gasteiger partial charge on any atom is -0.507 e. The molecular weight excluding hydrogens is 275 g/mol. The highest BCUT2D eigenvalue weighted by Crippen LogP contribution is 2.24. The lowest BCUT2D eigenvalue weighted by molar-refractivity contribution is -0.154. The van der Waals surface area contributed by atoms with Gasteiger partial charge in [0.1, 0.15) is 5.75 Å². The molecule has 0 amide bonds. The summed E-state index contributed by atoms with van der Waals surface area (Å²) in [6, 6.07) is 3.10. The Balaban J connectivity index is 2.91. The van der Waals surface area contributed by atoms with Gasteiger partial charge in [0, 0.05) is 6.54 Å². The van der Waals surface area contributed by atoms with Gasteiger partial charge in [-0.1, -0.05) is 12.1 Å². The summed E-state index contributed by atoms with van der Waals surface area (Å²) in [4.78, 5) is 11.4. The Labute approximate surface area is 114 Å². The molecule has 112 valence electrons. The van der Waals surface area contributed by atoms with Gasteiger partial charge in [0.2, 0.25) is 0 Å². The van der Waals surface area contributed by atoms with Crippen molar-refractivity contribution in [3.8, 4) is 5.75 Å². The van der Waals surface area contributed by atoms with Crippen LogP contribution in [0, 0.1) is 13.8 Å². The Morgan fingerprint density at radius 1 is 1.25 bits per heavy atom.